The molecule has 5 heteroatoms. The normalized spacial score (nSPS) is 12.8. The first-order valence-electron chi connectivity index (χ1n) is 5.17. The molecule has 1 heterocycles. The van der Waals surface area contributed by atoms with Crippen molar-refractivity contribution < 1.29 is 0 Å². The maximum atomic E-state index is 6.21. The molecule has 0 radical (unpaired) electrons. The lowest BCUT2D eigenvalue weighted by atomic mass is 10.2. The zero-order chi connectivity index (χ0) is 12.6. The molecule has 1 aromatic heterocycles. The van der Waals surface area contributed by atoms with Gasteiger partial charge in [0.25, 0.3) is 0 Å². The summed E-state index contributed by atoms with van der Waals surface area (Å²) in [5.41, 5.74) is 7.84. The molecular formula is C12H12BrClN2S. The average Bonchev–Trinajstić information content (AvgIpc) is 2.60. The van der Waals surface area contributed by atoms with Crippen molar-refractivity contribution in [1.29, 1.82) is 0 Å². The van der Waals surface area contributed by atoms with Crippen LogP contribution in [0.4, 0.5) is 0 Å². The standard InChI is InChI=1S/C12H12BrClN2S/c1-6(15)11-7(2)16-12(17-11)9-4-3-8(13)5-10(9)14/h3-6H,15H2,1-2H3. The number of aryl methyl sites for hydroxylation is 1. The van der Waals surface area contributed by atoms with E-state index in [0.29, 0.717) is 5.02 Å². The highest BCUT2D eigenvalue weighted by Crippen LogP contribution is 2.35. The number of halogens is 2. The molecule has 0 amide bonds. The molecule has 0 fully saturated rings. The Morgan fingerprint density at radius 2 is 2.18 bits per heavy atom. The van der Waals surface area contributed by atoms with Gasteiger partial charge in [-0.1, -0.05) is 27.5 Å². The summed E-state index contributed by atoms with van der Waals surface area (Å²) < 4.78 is 0.965. The first-order valence-corrected chi connectivity index (χ1v) is 7.16. The van der Waals surface area contributed by atoms with Crippen LogP contribution in [0.25, 0.3) is 10.6 Å². The lowest BCUT2D eigenvalue weighted by Crippen LogP contribution is -2.03. The summed E-state index contributed by atoms with van der Waals surface area (Å²) in [5.74, 6) is 0. The van der Waals surface area contributed by atoms with Crippen molar-refractivity contribution >= 4 is 38.9 Å². The predicted octanol–water partition coefficient (Wildman–Crippen LogP) is 4.55. The Morgan fingerprint density at radius 3 is 2.71 bits per heavy atom. The quantitative estimate of drug-likeness (QED) is 0.876. The summed E-state index contributed by atoms with van der Waals surface area (Å²) in [6, 6.07) is 5.81. The maximum Gasteiger partial charge on any atom is 0.125 e. The van der Waals surface area contributed by atoms with E-state index in [2.05, 4.69) is 20.9 Å². The molecule has 0 aliphatic rings. The third kappa shape index (κ3) is 2.71. The van der Waals surface area contributed by atoms with Crippen LogP contribution in [0.2, 0.25) is 5.02 Å². The van der Waals surface area contributed by atoms with E-state index in [0.717, 1.165) is 25.6 Å². The molecular weight excluding hydrogens is 320 g/mol. The lowest BCUT2D eigenvalue weighted by molar-refractivity contribution is 0.825. The highest BCUT2D eigenvalue weighted by Gasteiger charge is 2.14. The fourth-order valence-corrected chi connectivity index (χ4v) is 3.49. The Hall–Kier alpha value is -0.420. The van der Waals surface area contributed by atoms with Gasteiger partial charge in [0, 0.05) is 21.0 Å². The van der Waals surface area contributed by atoms with Crippen molar-refractivity contribution in [3.8, 4) is 10.6 Å². The summed E-state index contributed by atoms with van der Waals surface area (Å²) in [6.45, 7) is 3.94. The van der Waals surface area contributed by atoms with Crippen LogP contribution in [-0.4, -0.2) is 4.98 Å². The Labute approximate surface area is 118 Å². The number of nitrogens with zero attached hydrogens (tertiary/aromatic N) is 1. The molecule has 1 atom stereocenters. The van der Waals surface area contributed by atoms with Crippen LogP contribution < -0.4 is 5.73 Å². The van der Waals surface area contributed by atoms with Gasteiger partial charge in [-0.15, -0.1) is 11.3 Å². The molecule has 0 saturated heterocycles. The number of nitrogens with two attached hydrogens (primary N) is 1. The summed E-state index contributed by atoms with van der Waals surface area (Å²) in [5, 5.41) is 1.62. The number of rotatable bonds is 2. The molecule has 0 spiro atoms. The Morgan fingerprint density at radius 1 is 1.47 bits per heavy atom. The summed E-state index contributed by atoms with van der Waals surface area (Å²) in [4.78, 5) is 5.64. The fraction of sp³-hybridized carbons (Fsp3) is 0.250. The van der Waals surface area contributed by atoms with Crippen molar-refractivity contribution in [2.75, 3.05) is 0 Å². The van der Waals surface area contributed by atoms with Crippen molar-refractivity contribution in [2.24, 2.45) is 5.73 Å². The van der Waals surface area contributed by atoms with Gasteiger partial charge in [-0.3, -0.25) is 0 Å². The number of hydrogen-bond acceptors (Lipinski definition) is 3. The number of benzene rings is 1. The molecule has 90 valence electrons. The van der Waals surface area contributed by atoms with E-state index in [1.165, 1.54) is 0 Å². The first kappa shape index (κ1) is 13.0. The van der Waals surface area contributed by atoms with Crippen molar-refractivity contribution in [1.82, 2.24) is 4.98 Å². The molecule has 0 aliphatic heterocycles. The van der Waals surface area contributed by atoms with E-state index in [4.69, 9.17) is 17.3 Å². The SMILES string of the molecule is Cc1nc(-c2ccc(Br)cc2Cl)sc1C(C)N. The van der Waals surface area contributed by atoms with Crippen molar-refractivity contribution in [2.45, 2.75) is 19.9 Å². The van der Waals surface area contributed by atoms with E-state index in [1.807, 2.05) is 32.0 Å². The van der Waals surface area contributed by atoms with Gasteiger partial charge in [0.05, 0.1) is 10.7 Å². The fourth-order valence-electron chi connectivity index (χ4n) is 1.61. The molecule has 2 nitrogen and oxygen atoms in total. The van der Waals surface area contributed by atoms with E-state index < -0.39 is 0 Å². The van der Waals surface area contributed by atoms with Gasteiger partial charge in [-0.2, -0.15) is 0 Å². The molecule has 0 saturated carbocycles. The molecule has 17 heavy (non-hydrogen) atoms. The van der Waals surface area contributed by atoms with E-state index in [-0.39, 0.29) is 6.04 Å². The maximum absolute atomic E-state index is 6.21. The van der Waals surface area contributed by atoms with Crippen LogP contribution >= 0.6 is 38.9 Å². The van der Waals surface area contributed by atoms with Gasteiger partial charge < -0.3 is 5.73 Å². The monoisotopic (exact) mass is 330 g/mol. The smallest absolute Gasteiger partial charge is 0.125 e. The highest BCUT2D eigenvalue weighted by atomic mass is 79.9. The van der Waals surface area contributed by atoms with Gasteiger partial charge in [-0.05, 0) is 32.0 Å². The molecule has 1 aromatic carbocycles. The molecule has 0 aliphatic carbocycles. The summed E-state index contributed by atoms with van der Waals surface area (Å²) >= 11 is 11.2. The molecule has 1 unspecified atom stereocenters. The van der Waals surface area contributed by atoms with Crippen LogP contribution in [0.3, 0.4) is 0 Å². The molecule has 2 N–H and O–H groups in total. The molecule has 0 bridgehead atoms. The van der Waals surface area contributed by atoms with E-state index in [9.17, 15) is 0 Å². The number of thiazole rings is 1. The van der Waals surface area contributed by atoms with Crippen molar-refractivity contribution in [3.63, 3.8) is 0 Å². The topological polar surface area (TPSA) is 38.9 Å². The van der Waals surface area contributed by atoms with Gasteiger partial charge >= 0.3 is 0 Å². The van der Waals surface area contributed by atoms with Crippen LogP contribution in [0, 0.1) is 6.92 Å². The predicted molar refractivity (Wildman–Crippen MR) is 77.6 cm³/mol. The van der Waals surface area contributed by atoms with E-state index in [1.54, 1.807) is 11.3 Å². The van der Waals surface area contributed by atoms with Gasteiger partial charge in [-0.25, -0.2) is 4.98 Å². The van der Waals surface area contributed by atoms with E-state index >= 15 is 0 Å². The average molecular weight is 332 g/mol. The van der Waals surface area contributed by atoms with Gasteiger partial charge in [0.2, 0.25) is 0 Å². The molecule has 2 rings (SSSR count). The second-order valence-electron chi connectivity index (χ2n) is 3.88. The van der Waals surface area contributed by atoms with Crippen molar-refractivity contribution in [3.05, 3.63) is 38.3 Å². The first-order chi connectivity index (χ1) is 7.99. The number of aromatic nitrogens is 1. The summed E-state index contributed by atoms with van der Waals surface area (Å²) in [6.07, 6.45) is 0. The lowest BCUT2D eigenvalue weighted by Gasteiger charge is -2.01. The molecule has 2 aromatic rings. The summed E-state index contributed by atoms with van der Waals surface area (Å²) in [7, 11) is 0. The van der Waals surface area contributed by atoms with Crippen LogP contribution in [0.1, 0.15) is 23.5 Å². The zero-order valence-electron chi connectivity index (χ0n) is 9.50. The van der Waals surface area contributed by atoms with Gasteiger partial charge in [0.15, 0.2) is 0 Å². The number of hydrogen-bond donors (Lipinski definition) is 1. The van der Waals surface area contributed by atoms with Crippen LogP contribution in [0.5, 0.6) is 0 Å². The second-order valence-corrected chi connectivity index (χ2v) is 6.24. The minimum atomic E-state index is 0.00970. The Bertz CT molecular complexity index is 551. The minimum Gasteiger partial charge on any atom is -0.323 e. The highest BCUT2D eigenvalue weighted by molar-refractivity contribution is 9.10. The third-order valence-electron chi connectivity index (χ3n) is 2.41. The third-order valence-corrected chi connectivity index (χ3v) is 4.61. The largest absolute Gasteiger partial charge is 0.323 e. The minimum absolute atomic E-state index is 0.00970. The van der Waals surface area contributed by atoms with Crippen LogP contribution in [-0.2, 0) is 0 Å². The van der Waals surface area contributed by atoms with Gasteiger partial charge in [0.1, 0.15) is 5.01 Å². The second kappa shape index (κ2) is 5.06. The Kier molecular flexibility index (Phi) is 3.88. The van der Waals surface area contributed by atoms with Crippen LogP contribution in [0.15, 0.2) is 22.7 Å². The Balaban J connectivity index is 2.50. The zero-order valence-corrected chi connectivity index (χ0v) is 12.7.